The molecule has 1 N–H and O–H groups in total. The monoisotopic (exact) mass is 498 g/mol. The Morgan fingerprint density at radius 3 is 1.33 bits per heavy atom. The molecule has 4 nitrogen and oxygen atoms in total. The lowest BCUT2D eigenvalue weighted by Gasteiger charge is -2.38. The molecule has 0 spiro atoms. The minimum absolute atomic E-state index is 1.62. The van der Waals surface area contributed by atoms with E-state index in [1.54, 1.807) is 4.74 Å². The predicted octanol–water partition coefficient (Wildman–Crippen LogP) is 4.94. The molecular formula is C7HCl2F13O4S. The van der Waals surface area contributed by atoms with Crippen LogP contribution in [-0.4, -0.2) is 49.0 Å². The van der Waals surface area contributed by atoms with Crippen LogP contribution < -0.4 is 0 Å². The van der Waals surface area contributed by atoms with Crippen molar-refractivity contribution in [3.05, 3.63) is 0 Å². The van der Waals surface area contributed by atoms with Gasteiger partial charge in [-0.05, 0) is 23.2 Å². The van der Waals surface area contributed by atoms with Gasteiger partial charge in [0.1, 0.15) is 0 Å². The van der Waals surface area contributed by atoms with E-state index < -0.39 is 51.3 Å². The predicted molar refractivity (Wildman–Crippen MR) is 58.2 cm³/mol. The Hall–Kier alpha value is -0.300. The van der Waals surface area contributed by atoms with Gasteiger partial charge in [0.15, 0.2) is 0 Å². The summed E-state index contributed by atoms with van der Waals surface area (Å²) in [4.78, 5) is 0. The molecule has 3 unspecified atom stereocenters. The maximum Gasteiger partial charge on any atom is 0.458 e. The van der Waals surface area contributed by atoms with E-state index in [2.05, 4.69) is 23.2 Å². The van der Waals surface area contributed by atoms with E-state index >= 15 is 0 Å². The van der Waals surface area contributed by atoms with Crippen molar-refractivity contribution in [1.29, 1.82) is 0 Å². The summed E-state index contributed by atoms with van der Waals surface area (Å²) in [6.45, 7) is 0. The number of hydrogen-bond donors (Lipinski definition) is 1. The Morgan fingerprint density at radius 2 is 1.07 bits per heavy atom. The lowest BCUT2D eigenvalue weighted by Crippen LogP contribution is -2.65. The zero-order valence-corrected chi connectivity index (χ0v) is 13.6. The van der Waals surface area contributed by atoms with E-state index in [0.717, 1.165) is 0 Å². The highest BCUT2D eigenvalue weighted by Gasteiger charge is 2.82. The Balaban J connectivity index is 6.31. The van der Waals surface area contributed by atoms with Crippen LogP contribution in [0.4, 0.5) is 57.1 Å². The van der Waals surface area contributed by atoms with Gasteiger partial charge in [0, 0.05) is 0 Å². The molecule has 0 heterocycles. The van der Waals surface area contributed by atoms with Gasteiger partial charge in [-0.15, -0.1) is 0 Å². The van der Waals surface area contributed by atoms with E-state index in [-0.39, 0.29) is 0 Å². The van der Waals surface area contributed by atoms with Crippen molar-refractivity contribution < 1.29 is 75.3 Å². The second-order valence-corrected chi connectivity index (χ2v) is 6.08. The first-order valence-corrected chi connectivity index (χ1v) is 7.07. The van der Waals surface area contributed by atoms with Gasteiger partial charge < -0.3 is 4.55 Å². The average Bonchev–Trinajstić information content (AvgIpc) is 2.33. The van der Waals surface area contributed by atoms with Gasteiger partial charge in [-0.25, -0.2) is 4.21 Å². The van der Waals surface area contributed by atoms with Crippen molar-refractivity contribution in [2.45, 2.75) is 40.2 Å². The van der Waals surface area contributed by atoms with E-state index in [4.69, 9.17) is 4.55 Å². The van der Waals surface area contributed by atoms with Crippen molar-refractivity contribution in [2.75, 3.05) is 0 Å². The molecule has 0 saturated heterocycles. The third-order valence-corrected chi connectivity index (χ3v) is 3.48. The quantitative estimate of drug-likeness (QED) is 0.292. The SMILES string of the molecule is O=S(O)C(F)(F)C(F)(F)OC(F)(C(F)(F)F)C(F)(F)OC(F)(Cl)C(F)(F)Cl. The van der Waals surface area contributed by atoms with Crippen LogP contribution in [0.2, 0.25) is 0 Å². The topological polar surface area (TPSA) is 55.8 Å². The molecule has 0 aromatic heterocycles. The number of halogens is 15. The molecule has 0 saturated carbocycles. The summed E-state index contributed by atoms with van der Waals surface area (Å²) >= 11 is 2.52. The molecule has 0 amide bonds. The first-order chi connectivity index (χ1) is 11.4. The van der Waals surface area contributed by atoms with Crippen LogP contribution in [0.15, 0.2) is 0 Å². The Morgan fingerprint density at radius 1 is 0.704 bits per heavy atom. The Kier molecular flexibility index (Phi) is 7.11. The maximum atomic E-state index is 13.6. The summed E-state index contributed by atoms with van der Waals surface area (Å²) in [6, 6.07) is 0. The van der Waals surface area contributed by atoms with Crippen molar-refractivity contribution in [3.63, 3.8) is 0 Å². The summed E-state index contributed by atoms with van der Waals surface area (Å²) in [6.07, 6.45) is -22.0. The molecule has 3 atom stereocenters. The lowest BCUT2D eigenvalue weighted by atomic mass is 10.2. The Bertz CT molecular complexity index is 576. The van der Waals surface area contributed by atoms with E-state index in [9.17, 15) is 61.3 Å². The van der Waals surface area contributed by atoms with Crippen LogP contribution in [0.25, 0.3) is 0 Å². The minimum Gasteiger partial charge on any atom is -0.301 e. The number of ether oxygens (including phenoxy) is 2. The van der Waals surface area contributed by atoms with Crippen LogP contribution in [0.3, 0.4) is 0 Å². The molecule has 0 bridgehead atoms. The Labute approximate surface area is 150 Å². The molecule has 0 radical (unpaired) electrons. The molecule has 0 aromatic rings. The smallest absolute Gasteiger partial charge is 0.301 e. The van der Waals surface area contributed by atoms with Gasteiger partial charge in [-0.1, -0.05) is 0 Å². The molecule has 0 rings (SSSR count). The van der Waals surface area contributed by atoms with Crippen LogP contribution in [0.5, 0.6) is 0 Å². The second-order valence-electron chi connectivity index (χ2n) is 4.11. The third kappa shape index (κ3) is 5.01. The first kappa shape index (κ1) is 26.7. The van der Waals surface area contributed by atoms with E-state index in [1.165, 1.54) is 0 Å². The number of hydrogen-bond acceptors (Lipinski definition) is 3. The molecule has 27 heavy (non-hydrogen) atoms. The summed E-state index contributed by atoms with van der Waals surface area (Å²) in [5, 5.41) is -18.4. The highest BCUT2D eigenvalue weighted by molar-refractivity contribution is 7.80. The van der Waals surface area contributed by atoms with E-state index in [0.29, 0.717) is 0 Å². The average molecular weight is 499 g/mol. The molecule has 0 aliphatic heterocycles. The van der Waals surface area contributed by atoms with Crippen LogP contribution in [0, 0.1) is 0 Å². The minimum atomic E-state index is -7.53. The number of rotatable bonds is 8. The van der Waals surface area contributed by atoms with E-state index in [1.807, 2.05) is 4.74 Å². The lowest BCUT2D eigenvalue weighted by molar-refractivity contribution is -0.525. The highest BCUT2D eigenvalue weighted by atomic mass is 35.5. The van der Waals surface area contributed by atoms with Gasteiger partial charge in [-0.2, -0.15) is 57.1 Å². The molecular weight excluding hydrogens is 498 g/mol. The van der Waals surface area contributed by atoms with Gasteiger partial charge in [0.25, 0.3) is 0 Å². The second kappa shape index (κ2) is 7.19. The molecule has 0 fully saturated rings. The fourth-order valence-corrected chi connectivity index (χ4v) is 1.28. The standard InChI is InChI=1S/C7HCl2F13O4S/c8-2(11,12)3(9,13)26-5(17,18)1(10,4(14,15)16)25-6(19,20)7(21,22)27(23)24/h(H,23,24). The van der Waals surface area contributed by atoms with Gasteiger partial charge in [0.05, 0.1) is 0 Å². The van der Waals surface area contributed by atoms with Crippen molar-refractivity contribution in [1.82, 2.24) is 0 Å². The molecule has 0 aliphatic carbocycles. The van der Waals surface area contributed by atoms with Crippen molar-refractivity contribution >= 4 is 34.3 Å². The summed E-state index contributed by atoms with van der Waals surface area (Å²) in [5.74, 6) is -7.51. The normalized spacial score (nSPS) is 20.7. The van der Waals surface area contributed by atoms with Gasteiger partial charge >= 0.3 is 40.2 Å². The largest absolute Gasteiger partial charge is 0.458 e. The van der Waals surface area contributed by atoms with Gasteiger partial charge in [-0.3, -0.25) is 9.47 Å². The summed E-state index contributed by atoms with van der Waals surface area (Å²) < 4.78 is 188. The summed E-state index contributed by atoms with van der Waals surface area (Å²) in [5.41, 5.74) is 0. The molecule has 0 aromatic carbocycles. The van der Waals surface area contributed by atoms with Gasteiger partial charge in [0.2, 0.25) is 11.1 Å². The molecule has 0 aliphatic rings. The maximum absolute atomic E-state index is 13.6. The fraction of sp³-hybridized carbons (Fsp3) is 1.00. The zero-order chi connectivity index (χ0) is 22.5. The summed E-state index contributed by atoms with van der Waals surface area (Å²) in [7, 11) is 0. The number of alkyl halides is 15. The molecule has 164 valence electrons. The van der Waals surface area contributed by atoms with Crippen molar-refractivity contribution in [3.8, 4) is 0 Å². The fourth-order valence-electron chi connectivity index (χ4n) is 0.904. The van der Waals surface area contributed by atoms with Crippen LogP contribution in [0.1, 0.15) is 0 Å². The first-order valence-electron chi connectivity index (χ1n) is 5.20. The third-order valence-electron chi connectivity index (χ3n) is 2.15. The molecule has 20 heteroatoms. The zero-order valence-electron chi connectivity index (χ0n) is 11.2. The van der Waals surface area contributed by atoms with Crippen LogP contribution >= 0.6 is 23.2 Å². The van der Waals surface area contributed by atoms with Crippen LogP contribution in [-0.2, 0) is 20.6 Å². The van der Waals surface area contributed by atoms with Crippen molar-refractivity contribution in [2.24, 2.45) is 0 Å². The highest BCUT2D eigenvalue weighted by Crippen LogP contribution is 2.55.